The third-order valence-corrected chi connectivity index (χ3v) is 2.67. The molecule has 0 heterocycles. The van der Waals surface area contributed by atoms with Crippen molar-refractivity contribution in [2.75, 3.05) is 13.1 Å². The number of rotatable bonds is 5. The van der Waals surface area contributed by atoms with Crippen LogP contribution in [0.1, 0.15) is 69.2 Å². The highest BCUT2D eigenvalue weighted by molar-refractivity contribution is 5.78. The predicted molar refractivity (Wildman–Crippen MR) is 83.8 cm³/mol. The standard InChI is InChI=1S/C12H25NO.2C2H6/c1-7-13(8-9(2)3)12(14)11(6)10(4)5;2*1-2/h9-11H,7-8H2,1-6H3;2*1-2H3. The van der Waals surface area contributed by atoms with E-state index in [1.165, 1.54) is 0 Å². The monoisotopic (exact) mass is 259 g/mol. The Balaban J connectivity index is -0.000000506. The van der Waals surface area contributed by atoms with Crippen molar-refractivity contribution in [1.82, 2.24) is 4.90 Å². The van der Waals surface area contributed by atoms with Crippen molar-refractivity contribution in [3.63, 3.8) is 0 Å². The summed E-state index contributed by atoms with van der Waals surface area (Å²) in [6.45, 7) is 22.3. The average Bonchev–Trinajstić information content (AvgIpc) is 2.38. The van der Waals surface area contributed by atoms with Gasteiger partial charge in [0.25, 0.3) is 0 Å². The molecule has 0 aliphatic carbocycles. The second kappa shape index (κ2) is 14.5. The number of carbonyl (C=O) groups is 1. The molecule has 0 aromatic carbocycles. The van der Waals surface area contributed by atoms with Gasteiger partial charge in [-0.1, -0.05) is 62.3 Å². The third-order valence-electron chi connectivity index (χ3n) is 2.67. The first kappa shape index (κ1) is 22.6. The molecule has 0 aromatic rings. The molecule has 0 rings (SSSR count). The zero-order valence-corrected chi connectivity index (χ0v) is 14.5. The maximum atomic E-state index is 12.0. The fourth-order valence-corrected chi connectivity index (χ4v) is 1.39. The summed E-state index contributed by atoms with van der Waals surface area (Å²) in [7, 11) is 0. The van der Waals surface area contributed by atoms with E-state index in [9.17, 15) is 4.79 Å². The van der Waals surface area contributed by atoms with Crippen LogP contribution in [0.15, 0.2) is 0 Å². The summed E-state index contributed by atoms with van der Waals surface area (Å²) < 4.78 is 0. The third kappa shape index (κ3) is 10.6. The van der Waals surface area contributed by atoms with Crippen molar-refractivity contribution in [2.45, 2.75) is 69.2 Å². The number of amides is 1. The highest BCUT2D eigenvalue weighted by atomic mass is 16.2. The van der Waals surface area contributed by atoms with Gasteiger partial charge >= 0.3 is 0 Å². The normalized spacial score (nSPS) is 11.1. The molecule has 0 aliphatic heterocycles. The lowest BCUT2D eigenvalue weighted by Crippen LogP contribution is -2.39. The summed E-state index contributed by atoms with van der Waals surface area (Å²) in [5.41, 5.74) is 0. The molecule has 0 bridgehead atoms. The SMILES string of the molecule is CC.CC.CCN(CC(C)C)C(=O)C(C)C(C)C. The fourth-order valence-electron chi connectivity index (χ4n) is 1.39. The van der Waals surface area contributed by atoms with Crippen LogP contribution < -0.4 is 0 Å². The molecule has 0 spiro atoms. The molecule has 1 unspecified atom stereocenters. The van der Waals surface area contributed by atoms with Crippen molar-refractivity contribution in [3.05, 3.63) is 0 Å². The lowest BCUT2D eigenvalue weighted by atomic mass is 9.96. The van der Waals surface area contributed by atoms with Crippen molar-refractivity contribution >= 4 is 5.91 Å². The van der Waals surface area contributed by atoms with E-state index < -0.39 is 0 Å². The topological polar surface area (TPSA) is 20.3 Å². The Labute approximate surface area is 116 Å². The van der Waals surface area contributed by atoms with Crippen LogP contribution in [0.4, 0.5) is 0 Å². The molecule has 0 aliphatic rings. The first-order valence-corrected chi connectivity index (χ1v) is 7.68. The van der Waals surface area contributed by atoms with E-state index in [1.807, 2.05) is 46.4 Å². The molecule has 0 N–H and O–H groups in total. The van der Waals surface area contributed by atoms with E-state index in [1.54, 1.807) is 0 Å². The average molecular weight is 259 g/mol. The quantitative estimate of drug-likeness (QED) is 0.692. The van der Waals surface area contributed by atoms with Crippen molar-refractivity contribution in [1.29, 1.82) is 0 Å². The first-order chi connectivity index (χ1) is 8.40. The molecule has 0 aromatic heterocycles. The summed E-state index contributed by atoms with van der Waals surface area (Å²) in [5, 5.41) is 0. The number of hydrogen-bond donors (Lipinski definition) is 0. The number of nitrogens with zero attached hydrogens (tertiary/aromatic N) is 1. The fraction of sp³-hybridized carbons (Fsp3) is 0.938. The lowest BCUT2D eigenvalue weighted by molar-refractivity contribution is -0.136. The summed E-state index contributed by atoms with van der Waals surface area (Å²) >= 11 is 0. The summed E-state index contributed by atoms with van der Waals surface area (Å²) in [5.74, 6) is 1.44. The van der Waals surface area contributed by atoms with Crippen LogP contribution in [0.25, 0.3) is 0 Å². The van der Waals surface area contributed by atoms with Crippen molar-refractivity contribution < 1.29 is 4.79 Å². The van der Waals surface area contributed by atoms with Gasteiger partial charge in [-0.15, -0.1) is 0 Å². The molecule has 2 heteroatoms. The van der Waals surface area contributed by atoms with Crippen LogP contribution in [-0.2, 0) is 4.79 Å². The molecular formula is C16H37NO. The van der Waals surface area contributed by atoms with Gasteiger partial charge in [0.1, 0.15) is 0 Å². The largest absolute Gasteiger partial charge is 0.342 e. The van der Waals surface area contributed by atoms with Crippen LogP contribution in [0.5, 0.6) is 0 Å². The zero-order valence-electron chi connectivity index (χ0n) is 14.5. The van der Waals surface area contributed by atoms with E-state index in [0.29, 0.717) is 17.7 Å². The number of carbonyl (C=O) groups excluding carboxylic acids is 1. The Bertz CT molecular complexity index is 176. The summed E-state index contributed by atoms with van der Waals surface area (Å²) in [6, 6.07) is 0. The van der Waals surface area contributed by atoms with Gasteiger partial charge in [0.2, 0.25) is 5.91 Å². The van der Waals surface area contributed by atoms with E-state index in [2.05, 4.69) is 27.7 Å². The van der Waals surface area contributed by atoms with Gasteiger partial charge in [-0.25, -0.2) is 0 Å². The summed E-state index contributed by atoms with van der Waals surface area (Å²) in [6.07, 6.45) is 0. The van der Waals surface area contributed by atoms with Gasteiger partial charge in [0.05, 0.1) is 0 Å². The Morgan fingerprint density at radius 1 is 0.944 bits per heavy atom. The molecule has 112 valence electrons. The number of hydrogen-bond acceptors (Lipinski definition) is 1. The predicted octanol–water partition coefficient (Wildman–Crippen LogP) is 4.84. The first-order valence-electron chi connectivity index (χ1n) is 7.68. The van der Waals surface area contributed by atoms with Gasteiger partial charge in [-0.2, -0.15) is 0 Å². The molecule has 0 saturated heterocycles. The van der Waals surface area contributed by atoms with Crippen LogP contribution in [-0.4, -0.2) is 23.9 Å². The molecule has 18 heavy (non-hydrogen) atoms. The van der Waals surface area contributed by atoms with Gasteiger partial charge in [-0.3, -0.25) is 4.79 Å². The molecule has 0 fully saturated rings. The molecule has 2 nitrogen and oxygen atoms in total. The van der Waals surface area contributed by atoms with Crippen molar-refractivity contribution in [2.24, 2.45) is 17.8 Å². The minimum Gasteiger partial charge on any atom is -0.342 e. The van der Waals surface area contributed by atoms with Gasteiger partial charge in [0.15, 0.2) is 0 Å². The Kier molecular flexibility index (Phi) is 18.3. The lowest BCUT2D eigenvalue weighted by Gasteiger charge is -2.27. The second-order valence-electron chi connectivity index (χ2n) is 4.80. The maximum Gasteiger partial charge on any atom is 0.225 e. The maximum absolute atomic E-state index is 12.0. The minimum atomic E-state index is 0.147. The van der Waals surface area contributed by atoms with Crippen molar-refractivity contribution in [3.8, 4) is 0 Å². The Morgan fingerprint density at radius 3 is 1.56 bits per heavy atom. The zero-order chi connectivity index (χ0) is 15.3. The second-order valence-corrected chi connectivity index (χ2v) is 4.80. The van der Waals surface area contributed by atoms with Crippen LogP contribution in [0, 0.1) is 17.8 Å². The molecular weight excluding hydrogens is 222 g/mol. The summed E-state index contributed by atoms with van der Waals surface area (Å²) in [4.78, 5) is 13.9. The minimum absolute atomic E-state index is 0.147. The Hall–Kier alpha value is -0.530. The van der Waals surface area contributed by atoms with E-state index in [0.717, 1.165) is 13.1 Å². The highest BCUT2D eigenvalue weighted by Gasteiger charge is 2.22. The molecule has 1 amide bonds. The van der Waals surface area contributed by atoms with E-state index in [-0.39, 0.29) is 5.92 Å². The Morgan fingerprint density at radius 2 is 1.33 bits per heavy atom. The highest BCUT2D eigenvalue weighted by Crippen LogP contribution is 2.14. The van der Waals surface area contributed by atoms with Gasteiger partial charge in [-0.05, 0) is 18.8 Å². The van der Waals surface area contributed by atoms with Crippen LogP contribution in [0.3, 0.4) is 0 Å². The smallest absolute Gasteiger partial charge is 0.225 e. The van der Waals surface area contributed by atoms with Crippen LogP contribution in [0.2, 0.25) is 0 Å². The van der Waals surface area contributed by atoms with E-state index in [4.69, 9.17) is 0 Å². The molecule has 0 radical (unpaired) electrons. The van der Waals surface area contributed by atoms with E-state index >= 15 is 0 Å². The molecule has 0 saturated carbocycles. The van der Waals surface area contributed by atoms with Crippen LogP contribution >= 0.6 is 0 Å². The van der Waals surface area contributed by atoms with Gasteiger partial charge < -0.3 is 4.90 Å². The van der Waals surface area contributed by atoms with Gasteiger partial charge in [0, 0.05) is 19.0 Å². The molecule has 1 atom stereocenters.